The molecular weight excluding hydrogens is 242 g/mol. The summed E-state index contributed by atoms with van der Waals surface area (Å²) in [5.41, 5.74) is 0. The molecule has 4 heteroatoms. The molecule has 0 radical (unpaired) electrons. The van der Waals surface area contributed by atoms with Crippen molar-refractivity contribution in [2.24, 2.45) is 11.8 Å². The third-order valence-electron chi connectivity index (χ3n) is 4.25. The fourth-order valence-electron chi connectivity index (χ4n) is 2.94. The standard InChI is InChI=1S/C15H31NO3/c1-4-13-6-7-15(12(13)3)16-10-14(17)11-19-9-8-18-5-2/h12-17H,4-11H2,1-3H3. The third kappa shape index (κ3) is 6.21. The van der Waals surface area contributed by atoms with E-state index in [9.17, 15) is 5.11 Å². The molecule has 19 heavy (non-hydrogen) atoms. The first-order chi connectivity index (χ1) is 9.19. The Kier molecular flexibility index (Phi) is 8.62. The minimum absolute atomic E-state index is 0.387. The van der Waals surface area contributed by atoms with Gasteiger partial charge in [0, 0.05) is 19.2 Å². The van der Waals surface area contributed by atoms with E-state index in [4.69, 9.17) is 9.47 Å². The average Bonchev–Trinajstić information content (AvgIpc) is 2.76. The molecule has 0 saturated heterocycles. The summed E-state index contributed by atoms with van der Waals surface area (Å²) in [6.45, 7) is 9.45. The molecule has 0 aliphatic heterocycles. The van der Waals surface area contributed by atoms with Crippen molar-refractivity contribution in [3.63, 3.8) is 0 Å². The topological polar surface area (TPSA) is 50.7 Å². The lowest BCUT2D eigenvalue weighted by atomic mass is 9.93. The monoisotopic (exact) mass is 273 g/mol. The Morgan fingerprint density at radius 2 is 1.95 bits per heavy atom. The zero-order chi connectivity index (χ0) is 14.1. The second-order valence-electron chi connectivity index (χ2n) is 5.55. The van der Waals surface area contributed by atoms with Crippen LogP contribution in [0.2, 0.25) is 0 Å². The van der Waals surface area contributed by atoms with Crippen LogP contribution in [-0.2, 0) is 9.47 Å². The van der Waals surface area contributed by atoms with Crippen molar-refractivity contribution in [1.82, 2.24) is 5.32 Å². The van der Waals surface area contributed by atoms with Crippen molar-refractivity contribution in [2.45, 2.75) is 52.2 Å². The molecule has 0 aromatic rings. The molecule has 4 unspecified atom stereocenters. The van der Waals surface area contributed by atoms with E-state index in [2.05, 4.69) is 19.2 Å². The highest BCUT2D eigenvalue weighted by molar-refractivity contribution is 4.86. The van der Waals surface area contributed by atoms with Gasteiger partial charge in [-0.15, -0.1) is 0 Å². The van der Waals surface area contributed by atoms with E-state index in [0.29, 0.717) is 39.0 Å². The van der Waals surface area contributed by atoms with Crippen molar-refractivity contribution < 1.29 is 14.6 Å². The summed E-state index contributed by atoms with van der Waals surface area (Å²) in [6.07, 6.45) is 3.39. The van der Waals surface area contributed by atoms with Crippen LogP contribution < -0.4 is 5.32 Å². The highest BCUT2D eigenvalue weighted by Crippen LogP contribution is 2.33. The van der Waals surface area contributed by atoms with Gasteiger partial charge in [0.15, 0.2) is 0 Å². The lowest BCUT2D eigenvalue weighted by molar-refractivity contribution is 0.00536. The number of hydrogen-bond donors (Lipinski definition) is 2. The number of rotatable bonds is 10. The molecule has 0 bridgehead atoms. The summed E-state index contributed by atoms with van der Waals surface area (Å²) < 4.78 is 10.5. The van der Waals surface area contributed by atoms with Gasteiger partial charge in [-0.25, -0.2) is 0 Å². The summed E-state index contributed by atoms with van der Waals surface area (Å²) in [6, 6.07) is 0.558. The minimum atomic E-state index is -0.422. The number of ether oxygens (including phenoxy) is 2. The zero-order valence-electron chi connectivity index (χ0n) is 12.7. The van der Waals surface area contributed by atoms with E-state index < -0.39 is 6.10 Å². The lowest BCUT2D eigenvalue weighted by Gasteiger charge is -2.22. The quantitative estimate of drug-likeness (QED) is 0.596. The predicted molar refractivity (Wildman–Crippen MR) is 77.3 cm³/mol. The van der Waals surface area contributed by atoms with E-state index >= 15 is 0 Å². The van der Waals surface area contributed by atoms with Gasteiger partial charge in [-0.2, -0.15) is 0 Å². The van der Waals surface area contributed by atoms with E-state index in [1.165, 1.54) is 19.3 Å². The fraction of sp³-hybridized carbons (Fsp3) is 1.00. The van der Waals surface area contributed by atoms with E-state index in [1.54, 1.807) is 0 Å². The summed E-state index contributed by atoms with van der Waals surface area (Å²) in [7, 11) is 0. The summed E-state index contributed by atoms with van der Waals surface area (Å²) in [5, 5.41) is 13.3. The molecule has 1 aliphatic rings. The zero-order valence-corrected chi connectivity index (χ0v) is 12.7. The van der Waals surface area contributed by atoms with Crippen molar-refractivity contribution in [2.75, 3.05) is 33.0 Å². The third-order valence-corrected chi connectivity index (χ3v) is 4.25. The van der Waals surface area contributed by atoms with Gasteiger partial charge in [0.1, 0.15) is 0 Å². The van der Waals surface area contributed by atoms with E-state index in [-0.39, 0.29) is 0 Å². The van der Waals surface area contributed by atoms with Crippen molar-refractivity contribution in [1.29, 1.82) is 0 Å². The molecule has 0 heterocycles. The first kappa shape index (κ1) is 16.9. The van der Waals surface area contributed by atoms with Crippen LogP contribution in [0.1, 0.15) is 40.0 Å². The summed E-state index contributed by atoms with van der Waals surface area (Å²) in [4.78, 5) is 0. The second kappa shape index (κ2) is 9.70. The van der Waals surface area contributed by atoms with Crippen LogP contribution in [0, 0.1) is 11.8 Å². The van der Waals surface area contributed by atoms with Gasteiger partial charge in [0.25, 0.3) is 0 Å². The molecule has 0 amide bonds. The molecule has 1 rings (SSSR count). The van der Waals surface area contributed by atoms with Crippen molar-refractivity contribution in [3.05, 3.63) is 0 Å². The van der Waals surface area contributed by atoms with E-state index in [0.717, 1.165) is 11.8 Å². The van der Waals surface area contributed by atoms with Gasteiger partial charge in [0.2, 0.25) is 0 Å². The van der Waals surface area contributed by atoms with Gasteiger partial charge in [-0.1, -0.05) is 20.3 Å². The highest BCUT2D eigenvalue weighted by Gasteiger charge is 2.31. The minimum Gasteiger partial charge on any atom is -0.389 e. The Balaban J connectivity index is 2.05. The first-order valence-electron chi connectivity index (χ1n) is 7.75. The van der Waals surface area contributed by atoms with Gasteiger partial charge in [-0.05, 0) is 31.6 Å². The molecule has 0 spiro atoms. The average molecular weight is 273 g/mol. The van der Waals surface area contributed by atoms with Crippen LogP contribution in [0.3, 0.4) is 0 Å². The molecular formula is C15H31NO3. The Morgan fingerprint density at radius 1 is 1.21 bits per heavy atom. The first-order valence-corrected chi connectivity index (χ1v) is 7.75. The summed E-state index contributed by atoms with van der Waals surface area (Å²) in [5.74, 6) is 1.56. The Labute approximate surface area is 117 Å². The molecule has 1 saturated carbocycles. The molecule has 2 N–H and O–H groups in total. The Bertz CT molecular complexity index is 225. The van der Waals surface area contributed by atoms with Crippen LogP contribution in [0.5, 0.6) is 0 Å². The van der Waals surface area contributed by atoms with Gasteiger partial charge in [0.05, 0.1) is 25.9 Å². The van der Waals surface area contributed by atoms with Crippen LogP contribution in [0.25, 0.3) is 0 Å². The van der Waals surface area contributed by atoms with Gasteiger partial charge in [-0.3, -0.25) is 0 Å². The molecule has 4 atom stereocenters. The lowest BCUT2D eigenvalue weighted by Crippen LogP contribution is -2.39. The molecule has 0 aromatic heterocycles. The Hall–Kier alpha value is -0.160. The van der Waals surface area contributed by atoms with Crippen LogP contribution in [0.15, 0.2) is 0 Å². The molecule has 114 valence electrons. The van der Waals surface area contributed by atoms with Gasteiger partial charge >= 0.3 is 0 Å². The number of aliphatic hydroxyl groups is 1. The summed E-state index contributed by atoms with van der Waals surface area (Å²) >= 11 is 0. The highest BCUT2D eigenvalue weighted by atomic mass is 16.5. The Morgan fingerprint density at radius 3 is 2.58 bits per heavy atom. The van der Waals surface area contributed by atoms with Crippen molar-refractivity contribution >= 4 is 0 Å². The molecule has 4 nitrogen and oxygen atoms in total. The largest absolute Gasteiger partial charge is 0.389 e. The smallest absolute Gasteiger partial charge is 0.0897 e. The maximum atomic E-state index is 9.85. The molecule has 1 aliphatic carbocycles. The van der Waals surface area contributed by atoms with E-state index in [1.807, 2.05) is 6.92 Å². The van der Waals surface area contributed by atoms with Gasteiger partial charge < -0.3 is 19.9 Å². The number of hydrogen-bond acceptors (Lipinski definition) is 4. The second-order valence-corrected chi connectivity index (χ2v) is 5.55. The number of nitrogens with one attached hydrogen (secondary N) is 1. The predicted octanol–water partition coefficient (Wildman–Crippen LogP) is 1.81. The molecule has 1 fully saturated rings. The van der Waals surface area contributed by atoms with Crippen LogP contribution >= 0.6 is 0 Å². The maximum absolute atomic E-state index is 9.85. The number of aliphatic hydroxyl groups excluding tert-OH is 1. The van der Waals surface area contributed by atoms with Crippen LogP contribution in [0.4, 0.5) is 0 Å². The van der Waals surface area contributed by atoms with Crippen molar-refractivity contribution in [3.8, 4) is 0 Å². The van der Waals surface area contributed by atoms with Crippen LogP contribution in [-0.4, -0.2) is 50.2 Å². The maximum Gasteiger partial charge on any atom is 0.0897 e. The SMILES string of the molecule is CCOCCOCC(O)CNC1CCC(CC)C1C. The molecule has 0 aromatic carbocycles. The fourth-order valence-corrected chi connectivity index (χ4v) is 2.94. The normalized spacial score (nSPS) is 28.7.